The molecule has 0 aliphatic heterocycles. The first kappa shape index (κ1) is 21.4. The van der Waals surface area contributed by atoms with E-state index >= 15 is 0 Å². The summed E-state index contributed by atoms with van der Waals surface area (Å²) in [4.78, 5) is 0. The van der Waals surface area contributed by atoms with Crippen molar-refractivity contribution in [2.75, 3.05) is 0 Å². The van der Waals surface area contributed by atoms with Crippen LogP contribution in [0.15, 0.2) is 53.0 Å². The predicted molar refractivity (Wildman–Crippen MR) is 131 cm³/mol. The van der Waals surface area contributed by atoms with Crippen molar-refractivity contribution in [3.05, 3.63) is 75.0 Å². The number of hydrogen-bond acceptors (Lipinski definition) is 0. The van der Waals surface area contributed by atoms with Gasteiger partial charge in [0.15, 0.2) is 0 Å². The van der Waals surface area contributed by atoms with Gasteiger partial charge in [-0.25, -0.2) is 4.39 Å². The number of halogens is 3. The Balaban J connectivity index is 2.19. The third-order valence-corrected chi connectivity index (χ3v) is 6.74. The van der Waals surface area contributed by atoms with E-state index in [9.17, 15) is 4.39 Å². The lowest BCUT2D eigenvalue weighted by Crippen LogP contribution is -2.10. The maximum absolute atomic E-state index is 14.4. The van der Waals surface area contributed by atoms with Crippen molar-refractivity contribution in [2.45, 2.75) is 52.4 Å². The second-order valence-electron chi connectivity index (χ2n) is 9.99. The van der Waals surface area contributed by atoms with Gasteiger partial charge in [0.25, 0.3) is 0 Å². The number of benzene rings is 3. The second kappa shape index (κ2) is 7.10. The van der Waals surface area contributed by atoms with Crippen LogP contribution in [0.3, 0.4) is 0 Å². The maximum Gasteiger partial charge on any atom is 0.144 e. The lowest BCUT2D eigenvalue weighted by molar-refractivity contribution is 0.590. The Kier molecular flexibility index (Phi) is 5.06. The van der Waals surface area contributed by atoms with Crippen LogP contribution in [0.2, 0.25) is 5.02 Å². The highest BCUT2D eigenvalue weighted by Gasteiger charge is 2.23. The van der Waals surface area contributed by atoms with Crippen molar-refractivity contribution in [2.24, 2.45) is 0 Å². The van der Waals surface area contributed by atoms with E-state index in [4.69, 9.17) is 11.6 Å². The van der Waals surface area contributed by atoms with E-state index in [1.165, 1.54) is 17.2 Å². The molecule has 156 valence electrons. The highest BCUT2D eigenvalue weighted by molar-refractivity contribution is 9.10. The fourth-order valence-electron chi connectivity index (χ4n) is 3.92. The van der Waals surface area contributed by atoms with Crippen molar-refractivity contribution in [3.63, 3.8) is 0 Å². The van der Waals surface area contributed by atoms with Crippen molar-refractivity contribution >= 4 is 49.3 Å². The van der Waals surface area contributed by atoms with Gasteiger partial charge in [-0.2, -0.15) is 0 Å². The molecule has 0 fully saturated rings. The molecule has 1 heterocycles. The van der Waals surface area contributed by atoms with E-state index in [1.807, 2.05) is 0 Å². The topological polar surface area (TPSA) is 4.93 Å². The van der Waals surface area contributed by atoms with Crippen LogP contribution in [-0.2, 0) is 10.8 Å². The van der Waals surface area contributed by atoms with Crippen molar-refractivity contribution in [1.82, 2.24) is 4.57 Å². The standard InChI is InChI=1S/C26H26BrClFN/c1-25(2,3)15-7-11-21-17(13-15)18-14-16(26(4,5)6)8-12-22(18)30(21)24-19(27)9-10-20(29)23(24)28/h7-14H,1-6H3. The lowest BCUT2D eigenvalue weighted by Gasteiger charge is -2.19. The van der Waals surface area contributed by atoms with E-state index in [2.05, 4.69) is 98.4 Å². The normalized spacial score (nSPS) is 12.8. The van der Waals surface area contributed by atoms with Crippen LogP contribution in [0.4, 0.5) is 4.39 Å². The van der Waals surface area contributed by atoms with E-state index in [-0.39, 0.29) is 15.9 Å². The minimum Gasteiger partial charge on any atom is -0.307 e. The van der Waals surface area contributed by atoms with Gasteiger partial charge in [0.05, 0.1) is 16.7 Å². The molecule has 0 aliphatic carbocycles. The summed E-state index contributed by atoms with van der Waals surface area (Å²) >= 11 is 10.1. The Hall–Kier alpha value is -1.84. The smallest absolute Gasteiger partial charge is 0.144 e. The van der Waals surface area contributed by atoms with Gasteiger partial charge >= 0.3 is 0 Å². The average Bonchev–Trinajstić information content (AvgIpc) is 2.97. The molecule has 4 rings (SSSR count). The zero-order valence-corrected chi connectivity index (χ0v) is 20.5. The summed E-state index contributed by atoms with van der Waals surface area (Å²) < 4.78 is 17.3. The Morgan fingerprint density at radius 1 is 0.767 bits per heavy atom. The largest absolute Gasteiger partial charge is 0.307 e. The van der Waals surface area contributed by atoms with Crippen LogP contribution in [0.1, 0.15) is 52.7 Å². The van der Waals surface area contributed by atoms with E-state index in [0.717, 1.165) is 26.3 Å². The molecule has 0 radical (unpaired) electrons. The third-order valence-electron chi connectivity index (χ3n) is 5.74. The van der Waals surface area contributed by atoms with Gasteiger partial charge in [-0.05, 0) is 74.3 Å². The predicted octanol–water partition coefficient (Wildman–Crippen LogP) is 8.93. The summed E-state index contributed by atoms with van der Waals surface area (Å²) in [7, 11) is 0. The first-order valence-corrected chi connectivity index (χ1v) is 11.3. The van der Waals surface area contributed by atoms with Gasteiger partial charge < -0.3 is 4.57 Å². The molecule has 0 spiro atoms. The first-order valence-electron chi connectivity index (χ1n) is 10.1. The summed E-state index contributed by atoms with van der Waals surface area (Å²) in [6, 6.07) is 16.2. The van der Waals surface area contributed by atoms with Gasteiger partial charge in [0.1, 0.15) is 10.8 Å². The quantitative estimate of drug-likeness (QED) is 0.237. The molecule has 3 aromatic carbocycles. The fraction of sp³-hybridized carbons (Fsp3) is 0.308. The van der Waals surface area contributed by atoms with Gasteiger partial charge in [0, 0.05) is 15.2 Å². The Morgan fingerprint density at radius 3 is 1.67 bits per heavy atom. The zero-order chi connectivity index (χ0) is 22.0. The molecule has 1 aromatic heterocycles. The number of rotatable bonds is 1. The molecule has 0 amide bonds. The molecule has 0 N–H and O–H groups in total. The third kappa shape index (κ3) is 3.46. The monoisotopic (exact) mass is 485 g/mol. The van der Waals surface area contributed by atoms with Gasteiger partial charge in [0.2, 0.25) is 0 Å². The van der Waals surface area contributed by atoms with Crippen LogP contribution in [0.25, 0.3) is 27.5 Å². The molecule has 0 bridgehead atoms. The molecule has 4 aromatic rings. The van der Waals surface area contributed by atoms with Crippen LogP contribution < -0.4 is 0 Å². The minimum atomic E-state index is -0.428. The Bertz CT molecular complexity index is 1220. The van der Waals surface area contributed by atoms with Crippen LogP contribution in [0.5, 0.6) is 0 Å². The van der Waals surface area contributed by atoms with Gasteiger partial charge in [-0.1, -0.05) is 65.3 Å². The summed E-state index contributed by atoms with van der Waals surface area (Å²) in [6.45, 7) is 13.3. The van der Waals surface area contributed by atoms with Crippen LogP contribution in [-0.4, -0.2) is 4.57 Å². The zero-order valence-electron chi connectivity index (χ0n) is 18.2. The molecule has 30 heavy (non-hydrogen) atoms. The van der Waals surface area contributed by atoms with Crippen molar-refractivity contribution in [1.29, 1.82) is 0 Å². The van der Waals surface area contributed by atoms with Gasteiger partial charge in [-0.15, -0.1) is 0 Å². The Labute approximate surface area is 191 Å². The van der Waals surface area contributed by atoms with Crippen molar-refractivity contribution in [3.8, 4) is 5.69 Å². The number of fused-ring (bicyclic) bond motifs is 3. The molecule has 0 aliphatic rings. The molecule has 0 saturated heterocycles. The average molecular weight is 487 g/mol. The summed E-state index contributed by atoms with van der Waals surface area (Å²) in [5.74, 6) is -0.428. The molecule has 1 nitrogen and oxygen atoms in total. The van der Waals surface area contributed by atoms with E-state index in [1.54, 1.807) is 6.07 Å². The van der Waals surface area contributed by atoms with Gasteiger partial charge in [-0.3, -0.25) is 0 Å². The molecule has 4 heteroatoms. The summed E-state index contributed by atoms with van der Waals surface area (Å²) in [5.41, 5.74) is 5.24. The van der Waals surface area contributed by atoms with Crippen LogP contribution >= 0.6 is 27.5 Å². The number of hydrogen-bond donors (Lipinski definition) is 0. The Morgan fingerprint density at radius 2 is 1.23 bits per heavy atom. The maximum atomic E-state index is 14.4. The fourth-order valence-corrected chi connectivity index (χ4v) is 4.79. The van der Waals surface area contributed by atoms with E-state index in [0.29, 0.717) is 5.69 Å². The molecular formula is C26H26BrClFN. The SMILES string of the molecule is CC(C)(C)c1ccc2c(c1)c1cc(C(C)(C)C)ccc1n2-c1c(Br)ccc(F)c1Cl. The highest BCUT2D eigenvalue weighted by atomic mass is 79.9. The first-order chi connectivity index (χ1) is 13.9. The van der Waals surface area contributed by atoms with Crippen LogP contribution in [0, 0.1) is 5.82 Å². The minimum absolute atomic E-state index is 0.0291. The molecule has 0 unspecified atom stereocenters. The number of nitrogens with zero attached hydrogens (tertiary/aromatic N) is 1. The lowest BCUT2D eigenvalue weighted by atomic mass is 9.85. The number of aromatic nitrogens is 1. The highest BCUT2D eigenvalue weighted by Crippen LogP contribution is 2.41. The molecule has 0 atom stereocenters. The van der Waals surface area contributed by atoms with E-state index < -0.39 is 5.82 Å². The molecular weight excluding hydrogens is 461 g/mol. The second-order valence-corrected chi connectivity index (χ2v) is 11.2. The summed E-state index contributed by atoms with van der Waals surface area (Å²) in [5, 5.41) is 2.41. The summed E-state index contributed by atoms with van der Waals surface area (Å²) in [6.07, 6.45) is 0. The van der Waals surface area contributed by atoms with Crippen molar-refractivity contribution < 1.29 is 4.39 Å². The molecule has 0 saturated carbocycles.